The fourth-order valence-corrected chi connectivity index (χ4v) is 2.60. The van der Waals surface area contributed by atoms with Crippen LogP contribution in [0, 0.1) is 0 Å². The van der Waals surface area contributed by atoms with Gasteiger partial charge in [0.25, 0.3) is 0 Å². The van der Waals surface area contributed by atoms with Crippen molar-refractivity contribution in [1.82, 2.24) is 0 Å². The van der Waals surface area contributed by atoms with Gasteiger partial charge < -0.3 is 10.1 Å². The van der Waals surface area contributed by atoms with Crippen LogP contribution in [0.3, 0.4) is 0 Å². The molecule has 88 valence electrons. The van der Waals surface area contributed by atoms with Crippen LogP contribution in [0.25, 0.3) is 0 Å². The van der Waals surface area contributed by atoms with Gasteiger partial charge in [-0.25, -0.2) is 0 Å². The van der Waals surface area contributed by atoms with E-state index in [9.17, 15) is 0 Å². The first-order chi connectivity index (χ1) is 7.75. The maximum absolute atomic E-state index is 6.17. The van der Waals surface area contributed by atoms with Crippen molar-refractivity contribution in [2.75, 3.05) is 18.5 Å². The van der Waals surface area contributed by atoms with E-state index in [4.69, 9.17) is 16.3 Å². The third-order valence-corrected chi connectivity index (χ3v) is 3.55. The largest absolute Gasteiger partial charge is 0.381 e. The molecule has 1 fully saturated rings. The summed E-state index contributed by atoms with van der Waals surface area (Å²) in [7, 11) is 0. The van der Waals surface area contributed by atoms with E-state index < -0.39 is 0 Å². The molecule has 2 rings (SSSR count). The first-order valence-corrected chi connectivity index (χ1v) is 6.72. The minimum Gasteiger partial charge on any atom is -0.381 e. The van der Waals surface area contributed by atoms with Gasteiger partial charge in [0, 0.05) is 23.7 Å². The summed E-state index contributed by atoms with van der Waals surface area (Å²) < 4.78 is 6.44. The molecule has 16 heavy (non-hydrogen) atoms. The first-order valence-electron chi connectivity index (χ1n) is 5.55. The zero-order valence-electron chi connectivity index (χ0n) is 9.01. The van der Waals surface area contributed by atoms with E-state index in [0.29, 0.717) is 6.04 Å². The van der Waals surface area contributed by atoms with Gasteiger partial charge in [0.15, 0.2) is 0 Å². The smallest absolute Gasteiger partial charge is 0.0648 e. The lowest BCUT2D eigenvalue weighted by atomic mass is 10.1. The van der Waals surface area contributed by atoms with E-state index in [1.165, 1.54) is 0 Å². The van der Waals surface area contributed by atoms with Crippen LogP contribution in [0.2, 0.25) is 5.02 Å². The summed E-state index contributed by atoms with van der Waals surface area (Å²) >= 11 is 9.57. The third-order valence-electron chi connectivity index (χ3n) is 2.74. The molecule has 0 saturated carbocycles. The topological polar surface area (TPSA) is 21.3 Å². The molecule has 1 aromatic carbocycles. The van der Waals surface area contributed by atoms with Crippen molar-refractivity contribution in [2.24, 2.45) is 0 Å². The van der Waals surface area contributed by atoms with Gasteiger partial charge in [-0.15, -0.1) is 0 Å². The van der Waals surface area contributed by atoms with Gasteiger partial charge >= 0.3 is 0 Å². The lowest BCUT2D eigenvalue weighted by Gasteiger charge is -2.18. The Morgan fingerprint density at radius 2 is 2.19 bits per heavy atom. The molecule has 0 spiro atoms. The van der Waals surface area contributed by atoms with Crippen molar-refractivity contribution in [3.05, 3.63) is 27.7 Å². The number of ether oxygens (including phenoxy) is 1. The molecule has 1 N–H and O–H groups in total. The summed E-state index contributed by atoms with van der Waals surface area (Å²) in [6, 6.07) is 6.40. The highest BCUT2D eigenvalue weighted by Crippen LogP contribution is 2.27. The first kappa shape index (κ1) is 12.2. The summed E-state index contributed by atoms with van der Waals surface area (Å²) in [5.74, 6) is 0. The second-order valence-electron chi connectivity index (χ2n) is 4.01. The Bertz CT molecular complexity index is 351. The van der Waals surface area contributed by atoms with Crippen molar-refractivity contribution in [2.45, 2.75) is 25.3 Å². The second-order valence-corrected chi connectivity index (χ2v) is 5.33. The summed E-state index contributed by atoms with van der Waals surface area (Å²) in [6.45, 7) is 1.72. The maximum atomic E-state index is 6.17. The molecular weight excluding hydrogens is 289 g/mol. The molecule has 1 aliphatic heterocycles. The maximum Gasteiger partial charge on any atom is 0.0648 e. The van der Waals surface area contributed by atoms with Gasteiger partial charge in [-0.2, -0.15) is 0 Å². The summed E-state index contributed by atoms with van der Waals surface area (Å²) in [6.07, 6.45) is 3.31. The van der Waals surface area contributed by atoms with E-state index in [0.717, 1.165) is 47.7 Å². The molecule has 1 saturated heterocycles. The Morgan fingerprint density at radius 1 is 1.31 bits per heavy atom. The monoisotopic (exact) mass is 303 g/mol. The van der Waals surface area contributed by atoms with Crippen LogP contribution in [-0.4, -0.2) is 19.3 Å². The number of nitrogens with one attached hydrogen (secondary N) is 1. The molecule has 1 atom stereocenters. The molecule has 1 heterocycles. The van der Waals surface area contributed by atoms with Crippen LogP contribution in [-0.2, 0) is 4.74 Å². The molecule has 1 aliphatic rings. The molecular formula is C12H15BrClNO. The van der Waals surface area contributed by atoms with Crippen LogP contribution in [0.1, 0.15) is 19.3 Å². The van der Waals surface area contributed by atoms with Crippen molar-refractivity contribution >= 4 is 33.2 Å². The van der Waals surface area contributed by atoms with Gasteiger partial charge in [0.05, 0.1) is 10.7 Å². The van der Waals surface area contributed by atoms with Crippen molar-refractivity contribution in [3.8, 4) is 0 Å². The fraction of sp³-hybridized carbons (Fsp3) is 0.500. The van der Waals surface area contributed by atoms with E-state index >= 15 is 0 Å². The van der Waals surface area contributed by atoms with E-state index in [1.54, 1.807) is 0 Å². The number of hydrogen-bond acceptors (Lipinski definition) is 2. The van der Waals surface area contributed by atoms with E-state index in [1.807, 2.05) is 18.2 Å². The van der Waals surface area contributed by atoms with Gasteiger partial charge in [0.2, 0.25) is 0 Å². The van der Waals surface area contributed by atoms with Crippen LogP contribution in [0.4, 0.5) is 5.69 Å². The van der Waals surface area contributed by atoms with Gasteiger partial charge in [0.1, 0.15) is 0 Å². The molecule has 2 nitrogen and oxygen atoms in total. The van der Waals surface area contributed by atoms with Crippen molar-refractivity contribution in [1.29, 1.82) is 0 Å². The minimum absolute atomic E-state index is 0.473. The fourth-order valence-electron chi connectivity index (χ4n) is 1.87. The summed E-state index contributed by atoms with van der Waals surface area (Å²) in [5, 5.41) is 4.25. The minimum atomic E-state index is 0.473. The Hall–Kier alpha value is -0.250. The zero-order chi connectivity index (χ0) is 11.4. The highest BCUT2D eigenvalue weighted by atomic mass is 79.9. The molecule has 0 amide bonds. The van der Waals surface area contributed by atoms with Crippen LogP contribution in [0.5, 0.6) is 0 Å². The van der Waals surface area contributed by atoms with E-state index in [2.05, 4.69) is 21.2 Å². The Labute approximate surface area is 109 Å². The van der Waals surface area contributed by atoms with Crippen LogP contribution < -0.4 is 5.32 Å². The Kier molecular flexibility index (Phi) is 4.50. The molecule has 0 radical (unpaired) electrons. The highest BCUT2D eigenvalue weighted by Gasteiger charge is 2.13. The number of rotatable bonds is 2. The molecule has 0 aromatic heterocycles. The second kappa shape index (κ2) is 5.89. The predicted molar refractivity (Wildman–Crippen MR) is 71.2 cm³/mol. The zero-order valence-corrected chi connectivity index (χ0v) is 11.4. The van der Waals surface area contributed by atoms with Crippen molar-refractivity contribution < 1.29 is 4.74 Å². The predicted octanol–water partition coefficient (Wildman–Crippen LogP) is 4.08. The molecule has 4 heteroatoms. The average molecular weight is 305 g/mol. The Balaban J connectivity index is 2.01. The number of hydrogen-bond donors (Lipinski definition) is 1. The van der Waals surface area contributed by atoms with E-state index in [-0.39, 0.29) is 0 Å². The highest BCUT2D eigenvalue weighted by molar-refractivity contribution is 9.10. The molecule has 0 aliphatic carbocycles. The van der Waals surface area contributed by atoms with Gasteiger partial charge in [-0.05, 0) is 37.5 Å². The van der Waals surface area contributed by atoms with Crippen LogP contribution >= 0.6 is 27.5 Å². The number of benzene rings is 1. The summed E-state index contributed by atoms with van der Waals surface area (Å²) in [5.41, 5.74) is 1.01. The van der Waals surface area contributed by atoms with Gasteiger partial charge in [-0.1, -0.05) is 27.5 Å². The van der Waals surface area contributed by atoms with Crippen molar-refractivity contribution in [3.63, 3.8) is 0 Å². The lowest BCUT2D eigenvalue weighted by Crippen LogP contribution is -2.19. The number of anilines is 1. The number of halogens is 2. The Morgan fingerprint density at radius 3 is 3.00 bits per heavy atom. The normalized spacial score (nSPS) is 21.5. The SMILES string of the molecule is Clc1cc(Br)ccc1NC1CCCOCC1. The molecule has 0 bridgehead atoms. The molecule has 1 unspecified atom stereocenters. The average Bonchev–Trinajstić information content (AvgIpc) is 2.51. The van der Waals surface area contributed by atoms with Gasteiger partial charge in [-0.3, -0.25) is 0 Å². The molecule has 1 aromatic rings. The quantitative estimate of drug-likeness (QED) is 0.889. The lowest BCUT2D eigenvalue weighted by molar-refractivity contribution is 0.144. The third kappa shape index (κ3) is 3.37. The standard InChI is InChI=1S/C12H15BrClNO/c13-9-3-4-12(11(14)8-9)15-10-2-1-6-16-7-5-10/h3-4,8,10,15H,1-2,5-7H2. The summed E-state index contributed by atoms with van der Waals surface area (Å²) in [4.78, 5) is 0. The van der Waals surface area contributed by atoms with Crippen LogP contribution in [0.15, 0.2) is 22.7 Å².